The monoisotopic (exact) mass is 414 g/mol. The zero-order valence-corrected chi connectivity index (χ0v) is 19.8. The van der Waals surface area contributed by atoms with E-state index in [1.807, 2.05) is 27.7 Å². The van der Waals surface area contributed by atoms with Crippen LogP contribution >= 0.6 is 12.2 Å². The molecule has 2 rings (SSSR count). The van der Waals surface area contributed by atoms with Crippen molar-refractivity contribution in [3.05, 3.63) is 0 Å². The number of amides is 2. The molecule has 0 aromatic carbocycles. The highest BCUT2D eigenvalue weighted by Crippen LogP contribution is 2.40. The van der Waals surface area contributed by atoms with Crippen LogP contribution < -0.4 is 5.32 Å². The minimum atomic E-state index is -2.01. The van der Waals surface area contributed by atoms with Crippen molar-refractivity contribution in [1.82, 2.24) is 10.2 Å². The van der Waals surface area contributed by atoms with E-state index in [-0.39, 0.29) is 40.1 Å². The van der Waals surface area contributed by atoms with Gasteiger partial charge in [-0.1, -0.05) is 27.7 Å². The minimum Gasteiger partial charge on any atom is -0.468 e. The van der Waals surface area contributed by atoms with Crippen LogP contribution in [0.3, 0.4) is 0 Å². The molecule has 2 aliphatic heterocycles. The quantitative estimate of drug-likeness (QED) is 0.425. The molecule has 0 radical (unpaired) electrons. The molecule has 0 spiro atoms. The maximum Gasteiger partial charge on any atom is 0.266 e. The van der Waals surface area contributed by atoms with Crippen LogP contribution in [0.15, 0.2) is 0 Å². The Hall–Kier alpha value is -0.993. The second-order valence-corrected chi connectivity index (χ2v) is 15.1. The Morgan fingerprint density at radius 3 is 2.33 bits per heavy atom. The van der Waals surface area contributed by atoms with Crippen LogP contribution in [-0.2, 0) is 18.8 Å². The molecule has 1 N–H and O–H groups in total. The SMILES string of the molecule is C[C@@H](O[Si](C)(C)C(C)(C)C)[C@H]1C(=O)N[C@@H]1[C@@H](C)C(=O)N1C(=S)OCC1(C)C. The zero-order chi connectivity index (χ0) is 20.9. The lowest BCUT2D eigenvalue weighted by Crippen LogP contribution is -2.68. The van der Waals surface area contributed by atoms with Crippen LogP contribution in [0.1, 0.15) is 48.5 Å². The standard InChI is InChI=1S/C19H34N2O4SSi/c1-11(16(23)21-17(26)24-10-19(21,6)7)14-13(15(22)20-14)12(2)25-27(8,9)18(3,4)5/h11-14H,10H2,1-9H3,(H,20,22)/t11-,12-,13-,14-/m1/s1. The highest BCUT2D eigenvalue weighted by molar-refractivity contribution is 7.80. The summed E-state index contributed by atoms with van der Waals surface area (Å²) in [6.45, 7) is 18.9. The molecule has 0 unspecified atom stereocenters. The predicted octanol–water partition coefficient (Wildman–Crippen LogP) is 3.07. The van der Waals surface area contributed by atoms with Crippen LogP contribution in [0.5, 0.6) is 0 Å². The number of hydrogen-bond acceptors (Lipinski definition) is 5. The largest absolute Gasteiger partial charge is 0.468 e. The van der Waals surface area contributed by atoms with E-state index in [1.165, 1.54) is 0 Å². The van der Waals surface area contributed by atoms with Gasteiger partial charge in [0.1, 0.15) is 6.61 Å². The van der Waals surface area contributed by atoms with Gasteiger partial charge in [0.15, 0.2) is 8.32 Å². The smallest absolute Gasteiger partial charge is 0.266 e. The summed E-state index contributed by atoms with van der Waals surface area (Å²) in [6, 6.07) is -0.260. The summed E-state index contributed by atoms with van der Waals surface area (Å²) in [5, 5.41) is 3.18. The van der Waals surface area contributed by atoms with E-state index >= 15 is 0 Å². The number of thiocarbonyl (C=S) groups is 1. The molecular weight excluding hydrogens is 380 g/mol. The summed E-state index contributed by atoms with van der Waals surface area (Å²) in [4.78, 5) is 27.0. The van der Waals surface area contributed by atoms with Gasteiger partial charge in [-0.3, -0.25) is 14.5 Å². The van der Waals surface area contributed by atoms with E-state index in [1.54, 1.807) is 4.90 Å². The third kappa shape index (κ3) is 4.07. The van der Waals surface area contributed by atoms with Crippen molar-refractivity contribution in [2.75, 3.05) is 6.61 Å². The average molecular weight is 415 g/mol. The topological polar surface area (TPSA) is 67.9 Å². The normalized spacial score (nSPS) is 27.5. The Balaban J connectivity index is 2.13. The van der Waals surface area contributed by atoms with Gasteiger partial charge in [0.25, 0.3) is 5.17 Å². The third-order valence-corrected chi connectivity index (χ3v) is 11.2. The lowest BCUT2D eigenvalue weighted by atomic mass is 9.78. The maximum atomic E-state index is 13.1. The molecule has 2 heterocycles. The molecule has 154 valence electrons. The van der Waals surface area contributed by atoms with Crippen LogP contribution in [0, 0.1) is 11.8 Å². The molecular formula is C19H34N2O4SSi. The fourth-order valence-electron chi connectivity index (χ4n) is 3.43. The molecule has 0 saturated carbocycles. The summed E-state index contributed by atoms with van der Waals surface area (Å²) >= 11 is 5.22. The molecule has 8 heteroatoms. The first-order chi connectivity index (χ1) is 12.1. The fourth-order valence-corrected chi connectivity index (χ4v) is 5.26. The van der Waals surface area contributed by atoms with Gasteiger partial charge in [0, 0.05) is 0 Å². The van der Waals surface area contributed by atoms with E-state index < -0.39 is 19.8 Å². The first kappa shape index (κ1) is 22.3. The summed E-state index contributed by atoms with van der Waals surface area (Å²) in [6.07, 6.45) is -0.241. The van der Waals surface area contributed by atoms with Crippen molar-refractivity contribution in [2.24, 2.45) is 11.8 Å². The number of carbonyl (C=O) groups excluding carboxylic acids is 2. The number of nitrogens with one attached hydrogen (secondary N) is 1. The van der Waals surface area contributed by atoms with Crippen LogP contribution in [0.2, 0.25) is 18.1 Å². The Bertz CT molecular complexity index is 644. The van der Waals surface area contributed by atoms with Gasteiger partial charge in [0.2, 0.25) is 11.8 Å². The second-order valence-electron chi connectivity index (χ2n) is 9.97. The van der Waals surface area contributed by atoms with Crippen molar-refractivity contribution in [3.8, 4) is 0 Å². The minimum absolute atomic E-state index is 0.0506. The molecule has 6 nitrogen and oxygen atoms in total. The molecule has 2 aliphatic rings. The first-order valence-electron chi connectivity index (χ1n) is 9.59. The van der Waals surface area contributed by atoms with E-state index in [0.717, 1.165) is 0 Å². The van der Waals surface area contributed by atoms with Crippen molar-refractivity contribution < 1.29 is 18.8 Å². The van der Waals surface area contributed by atoms with Gasteiger partial charge in [-0.05, 0) is 51.1 Å². The lowest BCUT2D eigenvalue weighted by molar-refractivity contribution is -0.147. The molecule has 27 heavy (non-hydrogen) atoms. The zero-order valence-electron chi connectivity index (χ0n) is 18.0. The Morgan fingerprint density at radius 2 is 1.93 bits per heavy atom. The number of carbonyl (C=O) groups is 2. The highest BCUT2D eigenvalue weighted by atomic mass is 32.1. The van der Waals surface area contributed by atoms with Crippen molar-refractivity contribution in [1.29, 1.82) is 0 Å². The molecule has 0 bridgehead atoms. The fraction of sp³-hybridized carbons (Fsp3) is 0.842. The molecule has 2 fully saturated rings. The summed E-state index contributed by atoms with van der Waals surface area (Å²) in [5.74, 6) is -0.905. The van der Waals surface area contributed by atoms with E-state index in [4.69, 9.17) is 21.4 Å². The number of β-lactam (4-membered cyclic amide) rings is 1. The number of nitrogens with zero attached hydrogens (tertiary/aromatic N) is 1. The van der Waals surface area contributed by atoms with E-state index in [2.05, 4.69) is 39.2 Å². The highest BCUT2D eigenvalue weighted by Gasteiger charge is 2.53. The Labute approximate surface area is 169 Å². The van der Waals surface area contributed by atoms with Crippen molar-refractivity contribution in [2.45, 2.75) is 84.3 Å². The molecule has 4 atom stereocenters. The second kappa shape index (κ2) is 7.11. The maximum absolute atomic E-state index is 13.1. The lowest BCUT2D eigenvalue weighted by Gasteiger charge is -2.47. The first-order valence-corrected chi connectivity index (χ1v) is 12.9. The van der Waals surface area contributed by atoms with Gasteiger partial charge in [-0.15, -0.1) is 0 Å². The third-order valence-electron chi connectivity index (χ3n) is 6.28. The molecule has 0 aromatic heterocycles. The van der Waals surface area contributed by atoms with Gasteiger partial charge < -0.3 is 14.5 Å². The van der Waals surface area contributed by atoms with E-state index in [0.29, 0.717) is 6.61 Å². The van der Waals surface area contributed by atoms with E-state index in [9.17, 15) is 9.59 Å². The predicted molar refractivity (Wildman–Crippen MR) is 112 cm³/mol. The summed E-state index contributed by atoms with van der Waals surface area (Å²) in [5.41, 5.74) is -0.477. The number of ether oxygens (including phenoxy) is 1. The van der Waals surface area contributed by atoms with Crippen LogP contribution in [0.25, 0.3) is 0 Å². The summed E-state index contributed by atoms with van der Waals surface area (Å²) in [7, 11) is -2.01. The molecule has 2 amide bonds. The Kier molecular flexibility index (Phi) is 5.88. The van der Waals surface area contributed by atoms with Crippen molar-refractivity contribution in [3.63, 3.8) is 0 Å². The van der Waals surface area contributed by atoms with Gasteiger partial charge >= 0.3 is 0 Å². The molecule has 0 aromatic rings. The molecule has 2 saturated heterocycles. The van der Waals surface area contributed by atoms with Crippen LogP contribution in [-0.4, -0.2) is 54.5 Å². The van der Waals surface area contributed by atoms with Crippen molar-refractivity contribution >= 4 is 37.5 Å². The average Bonchev–Trinajstić information content (AvgIpc) is 2.74. The number of hydrogen-bond donors (Lipinski definition) is 1. The summed E-state index contributed by atoms with van der Waals surface area (Å²) < 4.78 is 11.8. The van der Waals surface area contributed by atoms with Crippen LogP contribution in [0.4, 0.5) is 0 Å². The van der Waals surface area contributed by atoms with Gasteiger partial charge in [0.05, 0.1) is 29.5 Å². The number of rotatable bonds is 5. The van der Waals surface area contributed by atoms with Gasteiger partial charge in [-0.2, -0.15) is 0 Å². The Morgan fingerprint density at radius 1 is 1.37 bits per heavy atom. The molecule has 0 aliphatic carbocycles. The van der Waals surface area contributed by atoms with Gasteiger partial charge in [-0.25, -0.2) is 0 Å².